The number of hydrogen-bond donors (Lipinski definition) is 0. The summed E-state index contributed by atoms with van der Waals surface area (Å²) in [6.45, 7) is 0.808. The van der Waals surface area contributed by atoms with Crippen LogP contribution in [0.15, 0.2) is 48.8 Å². The molecule has 5 heteroatoms. The molecule has 23 heavy (non-hydrogen) atoms. The predicted octanol–water partition coefficient (Wildman–Crippen LogP) is 3.56. The number of pyridine rings is 1. The number of halogens is 1. The van der Waals surface area contributed by atoms with E-state index in [1.165, 1.54) is 12.1 Å². The number of carbonyl (C=O) groups excluding carboxylic acids is 1. The molecule has 0 aliphatic rings. The molecule has 0 aliphatic heterocycles. The van der Waals surface area contributed by atoms with Crippen molar-refractivity contribution in [2.75, 3.05) is 13.2 Å². The van der Waals surface area contributed by atoms with Crippen molar-refractivity contribution in [3.8, 4) is 5.75 Å². The van der Waals surface area contributed by atoms with Gasteiger partial charge in [0.15, 0.2) is 0 Å². The molecule has 2 aromatic rings. The molecule has 1 heterocycles. The Bertz CT molecular complexity index is 587. The monoisotopic (exact) mass is 317 g/mol. The molecule has 122 valence electrons. The lowest BCUT2D eigenvalue weighted by molar-refractivity contribution is -0.144. The number of carbonyl (C=O) groups is 1. The Morgan fingerprint density at radius 1 is 1.09 bits per heavy atom. The van der Waals surface area contributed by atoms with Crippen LogP contribution in [0.2, 0.25) is 0 Å². The first kappa shape index (κ1) is 16.9. The molecule has 0 fully saturated rings. The number of aromatic nitrogens is 1. The lowest BCUT2D eigenvalue weighted by Gasteiger charge is -2.07. The Labute approximate surface area is 135 Å². The average Bonchev–Trinajstić information content (AvgIpc) is 2.58. The van der Waals surface area contributed by atoms with Gasteiger partial charge in [0.2, 0.25) is 0 Å². The maximum Gasteiger partial charge on any atom is 0.305 e. The summed E-state index contributed by atoms with van der Waals surface area (Å²) in [5.41, 5.74) is 1.14. The van der Waals surface area contributed by atoms with E-state index < -0.39 is 0 Å². The zero-order chi connectivity index (χ0) is 16.3. The zero-order valence-corrected chi connectivity index (χ0v) is 12.9. The minimum atomic E-state index is -0.299. The van der Waals surface area contributed by atoms with E-state index in [0.29, 0.717) is 31.8 Å². The van der Waals surface area contributed by atoms with Gasteiger partial charge in [-0.1, -0.05) is 6.07 Å². The third-order valence-corrected chi connectivity index (χ3v) is 3.20. The van der Waals surface area contributed by atoms with Crippen LogP contribution in [0.3, 0.4) is 0 Å². The van der Waals surface area contributed by atoms with Crippen LogP contribution in [0.4, 0.5) is 4.39 Å². The molecular formula is C18H20FNO3. The standard InChI is InChI=1S/C18H20FNO3/c19-16-7-9-17(10-8-16)22-12-3-6-18(21)23-13-2-5-15-4-1-11-20-14-15/h1,4,7-11,14H,2-3,5-6,12-13H2. The normalized spacial score (nSPS) is 10.3. The van der Waals surface area contributed by atoms with E-state index in [1.54, 1.807) is 18.3 Å². The Balaban J connectivity index is 1.51. The van der Waals surface area contributed by atoms with Crippen molar-refractivity contribution in [2.24, 2.45) is 0 Å². The topological polar surface area (TPSA) is 48.4 Å². The highest BCUT2D eigenvalue weighted by atomic mass is 19.1. The first-order valence-electron chi connectivity index (χ1n) is 7.67. The lowest BCUT2D eigenvalue weighted by Crippen LogP contribution is -2.08. The highest BCUT2D eigenvalue weighted by Crippen LogP contribution is 2.11. The van der Waals surface area contributed by atoms with Crippen LogP contribution in [0.1, 0.15) is 24.8 Å². The Morgan fingerprint density at radius 2 is 1.91 bits per heavy atom. The van der Waals surface area contributed by atoms with E-state index in [4.69, 9.17) is 9.47 Å². The highest BCUT2D eigenvalue weighted by molar-refractivity contribution is 5.69. The number of aryl methyl sites for hydroxylation is 1. The molecule has 0 amide bonds. The van der Waals surface area contributed by atoms with Crippen molar-refractivity contribution in [1.29, 1.82) is 0 Å². The lowest BCUT2D eigenvalue weighted by atomic mass is 10.2. The SMILES string of the molecule is O=C(CCCOc1ccc(F)cc1)OCCCc1cccnc1. The second-order valence-electron chi connectivity index (χ2n) is 5.09. The molecule has 0 N–H and O–H groups in total. The fraction of sp³-hybridized carbons (Fsp3) is 0.333. The zero-order valence-electron chi connectivity index (χ0n) is 12.9. The van der Waals surface area contributed by atoms with Crippen LogP contribution in [-0.4, -0.2) is 24.2 Å². The molecule has 4 nitrogen and oxygen atoms in total. The summed E-state index contributed by atoms with van der Waals surface area (Å²) >= 11 is 0. The first-order chi connectivity index (χ1) is 11.2. The first-order valence-corrected chi connectivity index (χ1v) is 7.67. The van der Waals surface area contributed by atoms with Gasteiger partial charge in [0.05, 0.1) is 13.2 Å². The number of nitrogens with zero attached hydrogens (tertiary/aromatic N) is 1. The van der Waals surface area contributed by atoms with Crippen LogP contribution >= 0.6 is 0 Å². The minimum absolute atomic E-state index is 0.223. The third kappa shape index (κ3) is 6.91. The maximum absolute atomic E-state index is 12.7. The molecular weight excluding hydrogens is 297 g/mol. The van der Waals surface area contributed by atoms with Crippen molar-refractivity contribution in [3.05, 3.63) is 60.2 Å². The van der Waals surface area contributed by atoms with Crippen LogP contribution in [0, 0.1) is 5.82 Å². The quantitative estimate of drug-likeness (QED) is 0.524. The molecule has 1 aromatic carbocycles. The average molecular weight is 317 g/mol. The number of benzene rings is 1. The van der Waals surface area contributed by atoms with Crippen molar-refractivity contribution in [1.82, 2.24) is 4.98 Å². The summed E-state index contributed by atoms with van der Waals surface area (Å²) in [5, 5.41) is 0. The van der Waals surface area contributed by atoms with Gasteiger partial charge in [-0.15, -0.1) is 0 Å². The largest absolute Gasteiger partial charge is 0.494 e. The molecule has 0 saturated heterocycles. The maximum atomic E-state index is 12.7. The van der Waals surface area contributed by atoms with Crippen LogP contribution in [0.5, 0.6) is 5.75 Å². The Hall–Kier alpha value is -2.43. The Kier molecular flexibility index (Phi) is 7.04. The molecule has 0 bridgehead atoms. The molecule has 0 atom stereocenters. The van der Waals surface area contributed by atoms with E-state index in [-0.39, 0.29) is 11.8 Å². The summed E-state index contributed by atoms with van der Waals surface area (Å²) in [6.07, 6.45) is 6.05. The van der Waals surface area contributed by atoms with Crippen molar-refractivity contribution in [3.63, 3.8) is 0 Å². The highest BCUT2D eigenvalue weighted by Gasteiger charge is 2.03. The van der Waals surface area contributed by atoms with E-state index >= 15 is 0 Å². The van der Waals surface area contributed by atoms with E-state index in [9.17, 15) is 9.18 Å². The van der Waals surface area contributed by atoms with Crippen LogP contribution in [-0.2, 0) is 16.0 Å². The van der Waals surface area contributed by atoms with Gasteiger partial charge in [-0.25, -0.2) is 4.39 Å². The van der Waals surface area contributed by atoms with Crippen LogP contribution in [0.25, 0.3) is 0 Å². The minimum Gasteiger partial charge on any atom is -0.494 e. The predicted molar refractivity (Wildman–Crippen MR) is 84.6 cm³/mol. The van der Waals surface area contributed by atoms with Gasteiger partial charge in [0, 0.05) is 18.8 Å². The summed E-state index contributed by atoms with van der Waals surface area (Å²) in [5.74, 6) is 0.0716. The summed E-state index contributed by atoms with van der Waals surface area (Å²) in [4.78, 5) is 15.6. The number of esters is 1. The fourth-order valence-electron chi connectivity index (χ4n) is 2.02. The van der Waals surface area contributed by atoms with Gasteiger partial charge in [-0.2, -0.15) is 0 Å². The molecule has 0 saturated carbocycles. The van der Waals surface area contributed by atoms with Gasteiger partial charge >= 0.3 is 5.97 Å². The van der Waals surface area contributed by atoms with Crippen molar-refractivity contribution < 1.29 is 18.7 Å². The van der Waals surface area contributed by atoms with Gasteiger partial charge in [-0.05, 0) is 55.2 Å². The smallest absolute Gasteiger partial charge is 0.305 e. The molecule has 2 rings (SSSR count). The summed E-state index contributed by atoms with van der Waals surface area (Å²) in [6, 6.07) is 9.69. The second kappa shape index (κ2) is 9.56. The van der Waals surface area contributed by atoms with Crippen LogP contribution < -0.4 is 4.74 Å². The molecule has 0 spiro atoms. The van der Waals surface area contributed by atoms with Gasteiger partial charge < -0.3 is 9.47 Å². The van der Waals surface area contributed by atoms with Gasteiger partial charge in [-0.3, -0.25) is 9.78 Å². The number of rotatable bonds is 9. The number of hydrogen-bond acceptors (Lipinski definition) is 4. The van der Waals surface area contributed by atoms with Gasteiger partial charge in [0.25, 0.3) is 0 Å². The molecule has 0 aliphatic carbocycles. The second-order valence-corrected chi connectivity index (χ2v) is 5.09. The van der Waals surface area contributed by atoms with E-state index in [2.05, 4.69) is 4.98 Å². The number of ether oxygens (including phenoxy) is 2. The van der Waals surface area contributed by atoms with Crippen molar-refractivity contribution in [2.45, 2.75) is 25.7 Å². The molecule has 0 radical (unpaired) electrons. The van der Waals surface area contributed by atoms with Gasteiger partial charge in [0.1, 0.15) is 11.6 Å². The third-order valence-electron chi connectivity index (χ3n) is 3.20. The Morgan fingerprint density at radius 3 is 2.65 bits per heavy atom. The van der Waals surface area contributed by atoms with Crippen molar-refractivity contribution >= 4 is 5.97 Å². The van der Waals surface area contributed by atoms with E-state index in [0.717, 1.165) is 18.4 Å². The molecule has 0 unspecified atom stereocenters. The fourth-order valence-corrected chi connectivity index (χ4v) is 2.02. The summed E-state index contributed by atoms with van der Waals surface area (Å²) in [7, 11) is 0. The van der Waals surface area contributed by atoms with E-state index in [1.807, 2.05) is 18.3 Å². The summed E-state index contributed by atoms with van der Waals surface area (Å²) < 4.78 is 23.3. The molecule has 1 aromatic heterocycles.